The molecule has 6 nitrogen and oxygen atoms in total. The van der Waals surface area contributed by atoms with E-state index in [2.05, 4.69) is 5.10 Å². The van der Waals surface area contributed by atoms with Gasteiger partial charge in [-0.3, -0.25) is 4.79 Å². The summed E-state index contributed by atoms with van der Waals surface area (Å²) in [5, 5.41) is 5.18. The minimum atomic E-state index is -0.630. The summed E-state index contributed by atoms with van der Waals surface area (Å²) in [6, 6.07) is 5.33. The molecule has 22 heavy (non-hydrogen) atoms. The highest BCUT2D eigenvalue weighted by Crippen LogP contribution is 2.37. The Kier molecular flexibility index (Phi) is 3.13. The smallest absolute Gasteiger partial charge is 0.399 e. The van der Waals surface area contributed by atoms with E-state index in [0.29, 0.717) is 16.8 Å². The van der Waals surface area contributed by atoms with Crippen molar-refractivity contribution in [1.82, 2.24) is 9.78 Å². The second-order valence-corrected chi connectivity index (χ2v) is 6.68. The first-order chi connectivity index (χ1) is 10.1. The van der Waals surface area contributed by atoms with Crippen LogP contribution in [0, 0.1) is 0 Å². The number of aromatic nitrogens is 2. The van der Waals surface area contributed by atoms with Crippen molar-refractivity contribution in [2.24, 2.45) is 0 Å². The minimum absolute atomic E-state index is 0.169. The van der Waals surface area contributed by atoms with Gasteiger partial charge in [0.1, 0.15) is 5.59 Å². The number of nitrogens with two attached hydrogens (primary N) is 1. The van der Waals surface area contributed by atoms with E-state index in [1.54, 1.807) is 18.2 Å². The van der Waals surface area contributed by atoms with E-state index in [9.17, 15) is 4.79 Å². The molecule has 2 N–H and O–H groups in total. The number of benzene rings is 1. The maximum Gasteiger partial charge on any atom is 0.517 e. The lowest BCUT2D eigenvalue weighted by Gasteiger charge is -2.32. The van der Waals surface area contributed by atoms with Gasteiger partial charge < -0.3 is 15.0 Å². The van der Waals surface area contributed by atoms with Crippen LogP contribution in [0.15, 0.2) is 18.2 Å². The topological polar surface area (TPSA) is 79.4 Å². The zero-order valence-corrected chi connectivity index (χ0v) is 13.5. The third-order valence-corrected chi connectivity index (χ3v) is 4.51. The fourth-order valence-electron chi connectivity index (χ4n) is 2.53. The van der Waals surface area contributed by atoms with E-state index in [-0.39, 0.29) is 5.91 Å². The van der Waals surface area contributed by atoms with Gasteiger partial charge in [0.2, 0.25) is 5.91 Å². The summed E-state index contributed by atoms with van der Waals surface area (Å²) in [6.45, 7) is 9.38. The van der Waals surface area contributed by atoms with Crippen LogP contribution in [0.5, 0.6) is 0 Å². The summed E-state index contributed by atoms with van der Waals surface area (Å²) >= 11 is 0. The van der Waals surface area contributed by atoms with E-state index >= 15 is 0 Å². The molecule has 1 aliphatic heterocycles. The monoisotopic (exact) mass is 301 g/mol. The van der Waals surface area contributed by atoms with Gasteiger partial charge in [-0.2, -0.15) is 5.10 Å². The van der Waals surface area contributed by atoms with Crippen LogP contribution in [0.1, 0.15) is 39.4 Å². The highest BCUT2D eigenvalue weighted by molar-refractivity contribution is 6.64. The predicted octanol–water partition coefficient (Wildman–Crippen LogP) is 1.58. The first kappa shape index (κ1) is 15.1. The van der Waals surface area contributed by atoms with E-state index < -0.39 is 18.3 Å². The quantitative estimate of drug-likeness (QED) is 0.639. The van der Waals surface area contributed by atoms with Crippen molar-refractivity contribution in [3.63, 3.8) is 0 Å². The Bertz CT molecular complexity index is 751. The van der Waals surface area contributed by atoms with E-state index in [1.165, 1.54) is 11.6 Å². The van der Waals surface area contributed by atoms with Crippen molar-refractivity contribution in [2.45, 2.75) is 45.8 Å². The number of hydrogen-bond donors (Lipinski definition) is 1. The van der Waals surface area contributed by atoms with Crippen LogP contribution in [0.3, 0.4) is 0 Å². The molecule has 1 saturated heterocycles. The lowest BCUT2D eigenvalue weighted by molar-refractivity contribution is 0.00578. The van der Waals surface area contributed by atoms with Crippen molar-refractivity contribution < 1.29 is 14.1 Å². The van der Waals surface area contributed by atoms with Gasteiger partial charge in [0.25, 0.3) is 0 Å². The second kappa shape index (κ2) is 4.57. The highest BCUT2D eigenvalue weighted by Gasteiger charge is 2.53. The lowest BCUT2D eigenvalue weighted by Crippen LogP contribution is -2.41. The van der Waals surface area contributed by atoms with Crippen LogP contribution in [-0.2, 0) is 9.31 Å². The molecule has 116 valence electrons. The third-order valence-electron chi connectivity index (χ3n) is 4.51. The van der Waals surface area contributed by atoms with E-state index in [4.69, 9.17) is 15.0 Å². The summed E-state index contributed by atoms with van der Waals surface area (Å²) < 4.78 is 13.4. The van der Waals surface area contributed by atoms with Crippen molar-refractivity contribution in [1.29, 1.82) is 0 Å². The average Bonchev–Trinajstić information content (AvgIpc) is 2.84. The average molecular weight is 301 g/mol. The van der Waals surface area contributed by atoms with Gasteiger partial charge in [-0.1, -0.05) is 0 Å². The Hall–Kier alpha value is -1.86. The summed E-state index contributed by atoms with van der Waals surface area (Å²) in [6.07, 6.45) is 0. The fourth-order valence-corrected chi connectivity index (χ4v) is 2.53. The summed E-state index contributed by atoms with van der Waals surface area (Å²) in [5.41, 5.74) is 6.83. The van der Waals surface area contributed by atoms with Gasteiger partial charge in [0.15, 0.2) is 0 Å². The molecule has 7 heteroatoms. The molecule has 0 unspecified atom stereocenters. The minimum Gasteiger partial charge on any atom is -0.399 e. The number of rotatable bonds is 1. The SMILES string of the molecule is CC(=O)n1nc(B2OC(C)(C)C(C)(C)O2)c2cc(N)ccc21. The zero-order chi connectivity index (χ0) is 16.3. The van der Waals surface area contributed by atoms with Crippen LogP contribution in [-0.4, -0.2) is 34.0 Å². The lowest BCUT2D eigenvalue weighted by atomic mass is 9.82. The normalized spacial score (nSPS) is 19.8. The van der Waals surface area contributed by atoms with Gasteiger partial charge in [-0.05, 0) is 45.9 Å². The van der Waals surface area contributed by atoms with Gasteiger partial charge >= 0.3 is 7.12 Å². The molecule has 2 heterocycles. The van der Waals surface area contributed by atoms with Crippen molar-refractivity contribution in [3.8, 4) is 0 Å². The first-order valence-corrected chi connectivity index (χ1v) is 7.27. The summed E-state index contributed by atoms with van der Waals surface area (Å²) in [7, 11) is -0.630. The number of hydrogen-bond acceptors (Lipinski definition) is 5. The zero-order valence-electron chi connectivity index (χ0n) is 13.5. The Labute approximate surface area is 129 Å². The molecule has 2 aromatic rings. The van der Waals surface area contributed by atoms with Crippen molar-refractivity contribution >= 4 is 35.2 Å². The Morgan fingerprint density at radius 3 is 2.36 bits per heavy atom. The third kappa shape index (κ3) is 2.12. The molecule has 1 fully saturated rings. The molecule has 0 aliphatic carbocycles. The largest absolute Gasteiger partial charge is 0.517 e. The van der Waals surface area contributed by atoms with Crippen LogP contribution in [0.25, 0.3) is 10.9 Å². The Balaban J connectivity index is 2.16. The molecule has 0 atom stereocenters. The molecule has 0 spiro atoms. The maximum absolute atomic E-state index is 11.8. The molecule has 1 aliphatic rings. The van der Waals surface area contributed by atoms with E-state index in [1.807, 2.05) is 27.7 Å². The first-order valence-electron chi connectivity index (χ1n) is 7.27. The summed E-state index contributed by atoms with van der Waals surface area (Å²) in [4.78, 5) is 11.8. The molecule has 0 saturated carbocycles. The summed E-state index contributed by atoms with van der Waals surface area (Å²) in [5.74, 6) is -0.169. The van der Waals surface area contributed by atoms with Crippen molar-refractivity contribution in [2.75, 3.05) is 5.73 Å². The van der Waals surface area contributed by atoms with Gasteiger partial charge in [-0.25, -0.2) is 4.68 Å². The van der Waals surface area contributed by atoms with Crippen LogP contribution < -0.4 is 11.3 Å². The van der Waals surface area contributed by atoms with Gasteiger partial charge in [0.05, 0.1) is 16.7 Å². The molecular weight excluding hydrogens is 281 g/mol. The van der Waals surface area contributed by atoms with Crippen molar-refractivity contribution in [3.05, 3.63) is 18.2 Å². The maximum atomic E-state index is 11.8. The van der Waals surface area contributed by atoms with Gasteiger partial charge in [0, 0.05) is 18.0 Å². The molecule has 1 aromatic carbocycles. The number of carbonyl (C=O) groups excluding carboxylic acids is 1. The molecule has 0 radical (unpaired) electrons. The number of fused-ring (bicyclic) bond motifs is 1. The molecule has 1 aromatic heterocycles. The number of nitrogen functional groups attached to an aromatic ring is 1. The van der Waals surface area contributed by atoms with Gasteiger partial charge in [-0.15, -0.1) is 0 Å². The number of carbonyl (C=O) groups is 1. The second-order valence-electron chi connectivity index (χ2n) is 6.68. The molecule has 3 rings (SSSR count). The molecule has 0 amide bonds. The fraction of sp³-hybridized carbons (Fsp3) is 0.467. The molecular formula is C15H20BN3O3. The molecule has 0 bridgehead atoms. The number of nitrogens with zero attached hydrogens (tertiary/aromatic N) is 2. The Morgan fingerprint density at radius 1 is 1.23 bits per heavy atom. The highest BCUT2D eigenvalue weighted by atomic mass is 16.7. The predicted molar refractivity (Wildman–Crippen MR) is 86.2 cm³/mol. The standard InChI is InChI=1S/C15H20BN3O3/c1-9(20)19-12-7-6-10(17)8-11(12)13(18-19)16-21-14(2,3)15(4,5)22-16/h6-8H,17H2,1-5H3. The van der Waals surface area contributed by atoms with Crippen LogP contribution in [0.4, 0.5) is 5.69 Å². The van der Waals surface area contributed by atoms with Crippen LogP contribution >= 0.6 is 0 Å². The number of anilines is 1. The van der Waals surface area contributed by atoms with E-state index in [0.717, 1.165) is 5.39 Å². The van der Waals surface area contributed by atoms with Crippen LogP contribution in [0.2, 0.25) is 0 Å². The Morgan fingerprint density at radius 2 is 1.82 bits per heavy atom.